The molecule has 0 fully saturated rings. The van der Waals surface area contributed by atoms with E-state index in [4.69, 9.17) is 13.9 Å². The van der Waals surface area contributed by atoms with E-state index >= 15 is 0 Å². The number of nitrogens with zero attached hydrogens (tertiary/aromatic N) is 2. The molecule has 0 saturated carbocycles. The fourth-order valence-electron chi connectivity index (χ4n) is 2.32. The molecule has 3 aromatic rings. The zero-order valence-electron chi connectivity index (χ0n) is 14.9. The Morgan fingerprint density at radius 1 is 1.07 bits per heavy atom. The van der Waals surface area contributed by atoms with Gasteiger partial charge in [0.2, 0.25) is 11.8 Å². The predicted octanol–water partition coefficient (Wildman–Crippen LogP) is 4.36. The summed E-state index contributed by atoms with van der Waals surface area (Å²) < 4.78 is 17.2. The summed E-state index contributed by atoms with van der Waals surface area (Å²) in [6.45, 7) is 2.48. The number of hydrogen-bond donors (Lipinski definition) is 0. The maximum absolute atomic E-state index is 11.8. The van der Waals surface area contributed by atoms with E-state index in [1.807, 2.05) is 55.5 Å². The first-order valence-corrected chi connectivity index (χ1v) is 9.33. The fraction of sp³-hybridized carbons (Fsp3) is 0.250. The van der Waals surface area contributed by atoms with Crippen LogP contribution in [0.3, 0.4) is 0 Å². The summed E-state index contributed by atoms with van der Waals surface area (Å²) in [5.74, 6) is 1.23. The van der Waals surface area contributed by atoms with Crippen LogP contribution in [-0.2, 0) is 16.0 Å². The molecule has 0 N–H and O–H groups in total. The van der Waals surface area contributed by atoms with Crippen LogP contribution >= 0.6 is 15.9 Å². The monoisotopic (exact) mass is 430 g/mol. The number of para-hydroxylation sites is 1. The van der Waals surface area contributed by atoms with E-state index in [9.17, 15) is 4.79 Å². The molecule has 27 heavy (non-hydrogen) atoms. The van der Waals surface area contributed by atoms with Gasteiger partial charge < -0.3 is 13.9 Å². The molecule has 0 atom stereocenters. The molecule has 7 heteroatoms. The van der Waals surface area contributed by atoms with Gasteiger partial charge in [-0.1, -0.05) is 29.8 Å². The Balaban J connectivity index is 1.39. The number of halogens is 1. The Bertz CT molecular complexity index is 893. The highest BCUT2D eigenvalue weighted by atomic mass is 79.9. The molecule has 6 nitrogen and oxygen atoms in total. The van der Waals surface area contributed by atoms with E-state index in [0.717, 1.165) is 15.6 Å². The second-order valence-corrected chi connectivity index (χ2v) is 6.72. The minimum atomic E-state index is -0.333. The number of hydrogen-bond acceptors (Lipinski definition) is 6. The van der Waals surface area contributed by atoms with E-state index in [2.05, 4.69) is 26.1 Å². The van der Waals surface area contributed by atoms with E-state index in [-0.39, 0.29) is 25.6 Å². The summed E-state index contributed by atoms with van der Waals surface area (Å²) >= 11 is 3.39. The Morgan fingerprint density at radius 3 is 2.63 bits per heavy atom. The van der Waals surface area contributed by atoms with Gasteiger partial charge in [0, 0.05) is 12.0 Å². The molecule has 1 aromatic heterocycles. The van der Waals surface area contributed by atoms with Crippen LogP contribution in [0.25, 0.3) is 11.5 Å². The lowest BCUT2D eigenvalue weighted by Crippen LogP contribution is -2.12. The van der Waals surface area contributed by atoms with Crippen LogP contribution in [0.5, 0.6) is 5.75 Å². The zero-order chi connectivity index (χ0) is 19.1. The van der Waals surface area contributed by atoms with Gasteiger partial charge in [-0.2, -0.15) is 0 Å². The lowest BCUT2D eigenvalue weighted by atomic mass is 10.1. The van der Waals surface area contributed by atoms with Gasteiger partial charge in [0.15, 0.2) is 0 Å². The zero-order valence-corrected chi connectivity index (χ0v) is 16.4. The molecule has 3 rings (SSSR count). The maximum atomic E-state index is 11.8. The first-order valence-electron chi connectivity index (χ1n) is 8.54. The minimum absolute atomic E-state index is 0.171. The third kappa shape index (κ3) is 5.65. The van der Waals surface area contributed by atoms with Crippen molar-refractivity contribution >= 4 is 21.9 Å². The lowest BCUT2D eigenvalue weighted by molar-refractivity contribution is -0.144. The third-order valence-corrected chi connectivity index (χ3v) is 4.40. The van der Waals surface area contributed by atoms with Crippen molar-refractivity contribution in [3.05, 3.63) is 64.5 Å². The quantitative estimate of drug-likeness (QED) is 0.390. The maximum Gasteiger partial charge on any atom is 0.306 e. The second-order valence-electron chi connectivity index (χ2n) is 5.87. The van der Waals surface area contributed by atoms with Crippen molar-refractivity contribution in [3.8, 4) is 17.2 Å². The van der Waals surface area contributed by atoms with Crippen molar-refractivity contribution in [3.63, 3.8) is 0 Å². The number of benzene rings is 2. The van der Waals surface area contributed by atoms with Gasteiger partial charge in [-0.3, -0.25) is 4.79 Å². The van der Waals surface area contributed by atoms with Crippen molar-refractivity contribution in [2.24, 2.45) is 0 Å². The number of aryl methyl sites for hydroxylation is 2. The predicted molar refractivity (Wildman–Crippen MR) is 103 cm³/mol. The highest BCUT2D eigenvalue weighted by Crippen LogP contribution is 2.23. The largest absolute Gasteiger partial charge is 0.489 e. The van der Waals surface area contributed by atoms with Gasteiger partial charge in [0.25, 0.3) is 0 Å². The molecule has 0 spiro atoms. The van der Waals surface area contributed by atoms with Gasteiger partial charge in [-0.15, -0.1) is 10.2 Å². The molecular weight excluding hydrogens is 412 g/mol. The SMILES string of the molecule is Cc1ccc(-c2nnc(CCC(=O)OCCOc3ccccc3Br)o2)cc1. The summed E-state index contributed by atoms with van der Waals surface area (Å²) in [6, 6.07) is 15.3. The molecule has 0 unspecified atom stereocenters. The van der Waals surface area contributed by atoms with Crippen LogP contribution in [0, 0.1) is 6.92 Å². The highest BCUT2D eigenvalue weighted by molar-refractivity contribution is 9.10. The smallest absolute Gasteiger partial charge is 0.306 e. The van der Waals surface area contributed by atoms with Crippen molar-refractivity contribution < 1.29 is 18.7 Å². The average Bonchev–Trinajstić information content (AvgIpc) is 3.14. The van der Waals surface area contributed by atoms with Crippen LogP contribution in [0.15, 0.2) is 57.4 Å². The van der Waals surface area contributed by atoms with Crippen molar-refractivity contribution in [1.29, 1.82) is 0 Å². The van der Waals surface area contributed by atoms with Crippen LogP contribution in [0.1, 0.15) is 17.9 Å². The van der Waals surface area contributed by atoms with Gasteiger partial charge in [-0.25, -0.2) is 0 Å². The number of esters is 1. The van der Waals surface area contributed by atoms with Gasteiger partial charge in [0.05, 0.1) is 10.9 Å². The Kier molecular flexibility index (Phi) is 6.59. The standard InChI is InChI=1S/C20H19BrN2O4/c1-14-6-8-15(9-7-14)20-23-22-18(27-20)10-11-19(24)26-13-12-25-17-5-3-2-4-16(17)21/h2-9H,10-13H2,1H3. The van der Waals surface area contributed by atoms with Crippen LogP contribution in [-0.4, -0.2) is 29.4 Å². The van der Waals surface area contributed by atoms with Crippen LogP contribution in [0.2, 0.25) is 0 Å². The van der Waals surface area contributed by atoms with E-state index in [1.165, 1.54) is 0 Å². The topological polar surface area (TPSA) is 74.5 Å². The van der Waals surface area contributed by atoms with E-state index in [0.29, 0.717) is 24.0 Å². The average molecular weight is 431 g/mol. The molecule has 2 aromatic carbocycles. The number of ether oxygens (including phenoxy) is 2. The van der Waals surface area contributed by atoms with Crippen LogP contribution < -0.4 is 4.74 Å². The number of carbonyl (C=O) groups is 1. The third-order valence-electron chi connectivity index (χ3n) is 3.75. The molecular formula is C20H19BrN2O4. The number of aromatic nitrogens is 2. The Hall–Kier alpha value is -2.67. The molecule has 0 aliphatic carbocycles. The summed E-state index contributed by atoms with van der Waals surface area (Å²) in [6.07, 6.45) is 0.507. The van der Waals surface area contributed by atoms with Gasteiger partial charge in [0.1, 0.15) is 19.0 Å². The highest BCUT2D eigenvalue weighted by Gasteiger charge is 2.11. The summed E-state index contributed by atoms with van der Waals surface area (Å²) in [7, 11) is 0. The van der Waals surface area contributed by atoms with E-state index in [1.54, 1.807) is 0 Å². The molecule has 0 aliphatic rings. The molecule has 0 bridgehead atoms. The van der Waals surface area contributed by atoms with Gasteiger partial charge >= 0.3 is 5.97 Å². The first kappa shape index (κ1) is 19.1. The summed E-state index contributed by atoms with van der Waals surface area (Å²) in [4.78, 5) is 11.8. The molecule has 0 aliphatic heterocycles. The molecule has 0 saturated heterocycles. The molecule has 0 amide bonds. The number of carbonyl (C=O) groups excluding carboxylic acids is 1. The van der Waals surface area contributed by atoms with Crippen molar-refractivity contribution in [1.82, 2.24) is 10.2 Å². The van der Waals surface area contributed by atoms with Crippen molar-refractivity contribution in [2.75, 3.05) is 13.2 Å². The Labute approximate surface area is 165 Å². The Morgan fingerprint density at radius 2 is 1.85 bits per heavy atom. The summed E-state index contributed by atoms with van der Waals surface area (Å²) in [5, 5.41) is 8.00. The molecule has 1 heterocycles. The fourth-order valence-corrected chi connectivity index (χ4v) is 2.72. The lowest BCUT2D eigenvalue weighted by Gasteiger charge is -2.08. The number of rotatable bonds is 8. The summed E-state index contributed by atoms with van der Waals surface area (Å²) in [5.41, 5.74) is 2.01. The van der Waals surface area contributed by atoms with E-state index < -0.39 is 0 Å². The molecule has 140 valence electrons. The van der Waals surface area contributed by atoms with Crippen LogP contribution in [0.4, 0.5) is 0 Å². The normalized spacial score (nSPS) is 10.6. The van der Waals surface area contributed by atoms with Gasteiger partial charge in [-0.05, 0) is 47.1 Å². The first-order chi connectivity index (χ1) is 13.1. The minimum Gasteiger partial charge on any atom is -0.489 e. The second kappa shape index (κ2) is 9.32. The van der Waals surface area contributed by atoms with Crippen molar-refractivity contribution in [2.45, 2.75) is 19.8 Å². The molecule has 0 radical (unpaired) electrons.